The highest BCUT2D eigenvalue weighted by molar-refractivity contribution is 5.78. The molecule has 0 spiro atoms. The molecule has 2 atom stereocenters. The number of rotatable bonds is 6. The van der Waals surface area contributed by atoms with Gasteiger partial charge in [-0.2, -0.15) is 13.2 Å². The van der Waals surface area contributed by atoms with Crippen LogP contribution in [0.25, 0.3) is 0 Å². The molecule has 3 N–H and O–H groups in total. The first kappa shape index (κ1) is 18.1. The number of carbonyl (C=O) groups is 2. The van der Waals surface area contributed by atoms with Crippen molar-refractivity contribution in [3.8, 4) is 0 Å². The van der Waals surface area contributed by atoms with Crippen LogP contribution >= 0.6 is 0 Å². The van der Waals surface area contributed by atoms with Crippen molar-refractivity contribution in [1.82, 2.24) is 5.32 Å². The van der Waals surface area contributed by atoms with Gasteiger partial charge in [-0.3, -0.25) is 9.59 Å². The molecule has 0 aliphatic rings. The van der Waals surface area contributed by atoms with Gasteiger partial charge in [0, 0.05) is 19.0 Å². The van der Waals surface area contributed by atoms with Gasteiger partial charge in [0.2, 0.25) is 5.91 Å². The van der Waals surface area contributed by atoms with Crippen molar-refractivity contribution in [2.75, 3.05) is 6.54 Å². The van der Waals surface area contributed by atoms with Crippen LogP contribution in [0.1, 0.15) is 40.9 Å². The van der Waals surface area contributed by atoms with Gasteiger partial charge in [-0.25, -0.2) is 0 Å². The molecule has 1 amide bonds. The number of carbonyl (C=O) groups excluding carboxylic acids is 2. The number of aliphatic hydroxyl groups is 2. The summed E-state index contributed by atoms with van der Waals surface area (Å²) in [6.45, 7) is 1.37. The number of benzene rings is 1. The van der Waals surface area contributed by atoms with Gasteiger partial charge in [0.25, 0.3) is 0 Å². The predicted octanol–water partition coefficient (Wildman–Crippen LogP) is 1.44. The Kier molecular flexibility index (Phi) is 6.07. The minimum absolute atomic E-state index is 0.0138. The first-order valence-corrected chi connectivity index (χ1v) is 6.43. The van der Waals surface area contributed by atoms with Gasteiger partial charge >= 0.3 is 6.18 Å². The minimum Gasteiger partial charge on any atom is -0.390 e. The van der Waals surface area contributed by atoms with Crippen molar-refractivity contribution in [2.24, 2.45) is 0 Å². The Morgan fingerprint density at radius 3 is 2.50 bits per heavy atom. The first-order chi connectivity index (χ1) is 10.2. The summed E-state index contributed by atoms with van der Waals surface area (Å²) in [6, 6.07) is 2.30. The molecule has 122 valence electrons. The number of alkyl halides is 3. The third kappa shape index (κ3) is 4.81. The van der Waals surface area contributed by atoms with Crippen LogP contribution in [0.15, 0.2) is 18.2 Å². The Bertz CT molecular complexity index is 545. The van der Waals surface area contributed by atoms with Crippen LogP contribution in [-0.2, 0) is 11.0 Å². The van der Waals surface area contributed by atoms with Crippen LogP contribution in [0.4, 0.5) is 13.2 Å². The van der Waals surface area contributed by atoms with E-state index < -0.39 is 23.9 Å². The number of hydrogen-bond acceptors (Lipinski definition) is 4. The van der Waals surface area contributed by atoms with Crippen molar-refractivity contribution in [1.29, 1.82) is 0 Å². The molecule has 22 heavy (non-hydrogen) atoms. The Morgan fingerprint density at radius 1 is 1.36 bits per heavy atom. The van der Waals surface area contributed by atoms with E-state index in [9.17, 15) is 33.0 Å². The van der Waals surface area contributed by atoms with Crippen LogP contribution in [0, 0.1) is 0 Å². The van der Waals surface area contributed by atoms with E-state index >= 15 is 0 Å². The minimum atomic E-state index is -4.61. The molecule has 0 fully saturated rings. The zero-order valence-corrected chi connectivity index (χ0v) is 11.7. The van der Waals surface area contributed by atoms with Gasteiger partial charge in [0.1, 0.15) is 12.4 Å². The average molecular weight is 319 g/mol. The second-order valence-electron chi connectivity index (χ2n) is 4.74. The van der Waals surface area contributed by atoms with E-state index in [1.54, 1.807) is 0 Å². The second kappa shape index (κ2) is 7.37. The molecule has 0 radical (unpaired) electrons. The number of aldehydes is 1. The molecule has 0 aliphatic carbocycles. The SMILES string of the molecule is CC(=O)NCCC(O)C(O)c1ccc(C(F)(F)F)cc1C=O. The molecule has 0 aliphatic heterocycles. The third-order valence-corrected chi connectivity index (χ3v) is 3.04. The van der Waals surface area contributed by atoms with Crippen LogP contribution < -0.4 is 5.32 Å². The van der Waals surface area contributed by atoms with Crippen molar-refractivity contribution in [3.05, 3.63) is 34.9 Å². The standard InChI is InChI=1S/C14H16F3NO4/c1-8(20)18-5-4-12(21)13(22)11-3-2-10(14(15,16)17)6-9(11)7-19/h2-3,6-7,12-13,21-22H,4-5H2,1H3,(H,18,20). The van der Waals surface area contributed by atoms with E-state index in [0.717, 1.165) is 12.1 Å². The lowest BCUT2D eigenvalue weighted by Crippen LogP contribution is -2.28. The lowest BCUT2D eigenvalue weighted by atomic mass is 9.95. The van der Waals surface area contributed by atoms with Gasteiger partial charge in [-0.05, 0) is 24.1 Å². The van der Waals surface area contributed by atoms with E-state index in [0.29, 0.717) is 6.07 Å². The van der Waals surface area contributed by atoms with Crippen LogP contribution in [0.2, 0.25) is 0 Å². The fraction of sp³-hybridized carbons (Fsp3) is 0.429. The maximum Gasteiger partial charge on any atom is 0.416 e. The van der Waals surface area contributed by atoms with E-state index in [4.69, 9.17) is 0 Å². The molecule has 2 unspecified atom stereocenters. The van der Waals surface area contributed by atoms with E-state index in [1.165, 1.54) is 6.92 Å². The highest BCUT2D eigenvalue weighted by atomic mass is 19.4. The quantitative estimate of drug-likeness (QED) is 0.693. The summed E-state index contributed by atoms with van der Waals surface area (Å²) < 4.78 is 37.7. The monoisotopic (exact) mass is 319 g/mol. The maximum atomic E-state index is 12.6. The second-order valence-corrected chi connectivity index (χ2v) is 4.74. The van der Waals surface area contributed by atoms with Gasteiger partial charge in [0.15, 0.2) is 0 Å². The molecule has 1 rings (SSSR count). The van der Waals surface area contributed by atoms with Gasteiger partial charge in [-0.15, -0.1) is 0 Å². The Morgan fingerprint density at radius 2 is 2.00 bits per heavy atom. The molecular weight excluding hydrogens is 303 g/mol. The summed E-state index contributed by atoms with van der Waals surface area (Å²) in [5, 5.41) is 22.2. The Hall–Kier alpha value is -1.93. The molecule has 0 heterocycles. The van der Waals surface area contributed by atoms with Crippen LogP contribution in [0.3, 0.4) is 0 Å². The van der Waals surface area contributed by atoms with E-state index in [1.807, 2.05) is 0 Å². The molecular formula is C14H16F3NO4. The summed E-state index contributed by atoms with van der Waals surface area (Å²) in [5.41, 5.74) is -1.46. The molecule has 1 aromatic carbocycles. The van der Waals surface area contributed by atoms with Crippen molar-refractivity contribution in [2.45, 2.75) is 31.7 Å². The lowest BCUT2D eigenvalue weighted by Gasteiger charge is -2.20. The molecule has 0 aromatic heterocycles. The number of hydrogen-bond donors (Lipinski definition) is 3. The summed E-state index contributed by atoms with van der Waals surface area (Å²) in [5.74, 6) is -0.315. The van der Waals surface area contributed by atoms with Crippen molar-refractivity contribution < 1.29 is 33.0 Å². The molecule has 0 saturated carbocycles. The van der Waals surface area contributed by atoms with E-state index in [2.05, 4.69) is 5.32 Å². The largest absolute Gasteiger partial charge is 0.416 e. The average Bonchev–Trinajstić information content (AvgIpc) is 2.44. The van der Waals surface area contributed by atoms with Crippen molar-refractivity contribution in [3.63, 3.8) is 0 Å². The normalized spacial score (nSPS) is 14.3. The Balaban J connectivity index is 2.90. The summed E-state index contributed by atoms with van der Waals surface area (Å²) >= 11 is 0. The molecule has 0 bridgehead atoms. The summed E-state index contributed by atoms with van der Waals surface area (Å²) in [6.07, 6.45) is -7.29. The molecule has 8 heteroatoms. The van der Waals surface area contributed by atoms with Crippen LogP contribution in [-0.4, -0.2) is 35.1 Å². The fourth-order valence-corrected chi connectivity index (χ4v) is 1.88. The van der Waals surface area contributed by atoms with Gasteiger partial charge < -0.3 is 15.5 Å². The van der Waals surface area contributed by atoms with Gasteiger partial charge in [0.05, 0.1) is 11.7 Å². The number of nitrogens with one attached hydrogen (secondary N) is 1. The zero-order chi connectivity index (χ0) is 16.9. The molecule has 0 saturated heterocycles. The highest BCUT2D eigenvalue weighted by Gasteiger charge is 2.32. The molecule has 1 aromatic rings. The van der Waals surface area contributed by atoms with E-state index in [-0.39, 0.29) is 36.3 Å². The number of amides is 1. The number of aliphatic hydroxyl groups excluding tert-OH is 2. The summed E-state index contributed by atoms with van der Waals surface area (Å²) in [4.78, 5) is 21.6. The zero-order valence-electron chi connectivity index (χ0n) is 11.7. The summed E-state index contributed by atoms with van der Waals surface area (Å²) in [7, 11) is 0. The number of halogens is 3. The lowest BCUT2D eigenvalue weighted by molar-refractivity contribution is -0.137. The van der Waals surface area contributed by atoms with Crippen molar-refractivity contribution >= 4 is 12.2 Å². The maximum absolute atomic E-state index is 12.6. The van der Waals surface area contributed by atoms with Gasteiger partial charge in [-0.1, -0.05) is 6.07 Å². The Labute approximate surface area is 124 Å². The van der Waals surface area contributed by atoms with Crippen LogP contribution in [0.5, 0.6) is 0 Å². The predicted molar refractivity (Wildman–Crippen MR) is 71.1 cm³/mol. The highest BCUT2D eigenvalue weighted by Crippen LogP contribution is 2.32. The topological polar surface area (TPSA) is 86.6 Å². The molecule has 5 nitrogen and oxygen atoms in total. The third-order valence-electron chi connectivity index (χ3n) is 3.04. The smallest absolute Gasteiger partial charge is 0.390 e. The first-order valence-electron chi connectivity index (χ1n) is 6.43. The fourth-order valence-electron chi connectivity index (χ4n) is 1.88.